The Morgan fingerprint density at radius 3 is 2.19 bits per heavy atom. The molecular formula is C18H24N2O. The van der Waals surface area contributed by atoms with Crippen LogP contribution in [0.5, 0.6) is 5.75 Å². The van der Waals surface area contributed by atoms with Crippen molar-refractivity contribution in [1.29, 1.82) is 0 Å². The van der Waals surface area contributed by atoms with Crippen molar-refractivity contribution in [3.8, 4) is 5.75 Å². The summed E-state index contributed by atoms with van der Waals surface area (Å²) in [6.45, 7) is 8.37. The molecule has 2 aromatic rings. The van der Waals surface area contributed by atoms with Crippen molar-refractivity contribution in [2.75, 3.05) is 0 Å². The second-order valence-electron chi connectivity index (χ2n) is 5.60. The molecule has 0 aliphatic heterocycles. The molecule has 1 aromatic carbocycles. The quantitative estimate of drug-likeness (QED) is 0.859. The lowest BCUT2D eigenvalue weighted by molar-refractivity contribution is 0.242. The topological polar surface area (TPSA) is 34.1 Å². The SMILES string of the molecule is CC(C)Oc1ccc(C(C)NC(C)c2ccccn2)cc1. The van der Waals surface area contributed by atoms with Gasteiger partial charge in [0.2, 0.25) is 0 Å². The standard InChI is InChI=1S/C18H24N2O/c1-13(2)21-17-10-8-16(9-11-17)14(3)20-15(4)18-7-5-6-12-19-18/h5-15,20H,1-4H3. The van der Waals surface area contributed by atoms with Gasteiger partial charge in [0.25, 0.3) is 0 Å². The second kappa shape index (κ2) is 7.23. The van der Waals surface area contributed by atoms with E-state index in [1.807, 2.05) is 50.4 Å². The van der Waals surface area contributed by atoms with Crippen molar-refractivity contribution in [1.82, 2.24) is 10.3 Å². The summed E-state index contributed by atoms with van der Waals surface area (Å²) in [4.78, 5) is 4.39. The van der Waals surface area contributed by atoms with E-state index >= 15 is 0 Å². The van der Waals surface area contributed by atoms with E-state index in [9.17, 15) is 0 Å². The first kappa shape index (κ1) is 15.5. The van der Waals surface area contributed by atoms with Gasteiger partial charge in [-0.3, -0.25) is 4.98 Å². The number of benzene rings is 1. The number of rotatable bonds is 6. The van der Waals surface area contributed by atoms with Gasteiger partial charge in [-0.1, -0.05) is 18.2 Å². The molecule has 2 rings (SSSR count). The largest absolute Gasteiger partial charge is 0.491 e. The Kier molecular flexibility index (Phi) is 5.34. The summed E-state index contributed by atoms with van der Waals surface area (Å²) >= 11 is 0. The van der Waals surface area contributed by atoms with Gasteiger partial charge in [-0.25, -0.2) is 0 Å². The molecule has 1 aromatic heterocycles. The van der Waals surface area contributed by atoms with Crippen LogP contribution in [0.25, 0.3) is 0 Å². The first-order chi connectivity index (χ1) is 10.1. The van der Waals surface area contributed by atoms with E-state index in [1.165, 1.54) is 5.56 Å². The highest BCUT2D eigenvalue weighted by atomic mass is 16.5. The Morgan fingerprint density at radius 2 is 1.62 bits per heavy atom. The van der Waals surface area contributed by atoms with Gasteiger partial charge in [0, 0.05) is 18.3 Å². The van der Waals surface area contributed by atoms with Crippen molar-refractivity contribution in [2.45, 2.75) is 45.9 Å². The summed E-state index contributed by atoms with van der Waals surface area (Å²) < 4.78 is 5.67. The van der Waals surface area contributed by atoms with E-state index in [1.54, 1.807) is 0 Å². The van der Waals surface area contributed by atoms with E-state index < -0.39 is 0 Å². The number of nitrogens with zero attached hydrogens (tertiary/aromatic N) is 1. The third-order valence-electron chi connectivity index (χ3n) is 3.38. The molecule has 112 valence electrons. The maximum atomic E-state index is 5.67. The Bertz CT molecular complexity index is 537. The van der Waals surface area contributed by atoms with E-state index in [-0.39, 0.29) is 18.2 Å². The van der Waals surface area contributed by atoms with Crippen LogP contribution in [0, 0.1) is 0 Å². The molecule has 2 atom stereocenters. The number of ether oxygens (including phenoxy) is 1. The highest BCUT2D eigenvalue weighted by Gasteiger charge is 2.12. The molecule has 0 spiro atoms. The number of hydrogen-bond donors (Lipinski definition) is 1. The second-order valence-corrected chi connectivity index (χ2v) is 5.60. The molecule has 21 heavy (non-hydrogen) atoms. The molecule has 0 aliphatic carbocycles. The fourth-order valence-electron chi connectivity index (χ4n) is 2.30. The average molecular weight is 284 g/mol. The summed E-state index contributed by atoms with van der Waals surface area (Å²) in [6.07, 6.45) is 2.03. The predicted molar refractivity (Wildman–Crippen MR) is 86.4 cm³/mol. The lowest BCUT2D eigenvalue weighted by Gasteiger charge is -2.20. The van der Waals surface area contributed by atoms with Crippen LogP contribution in [0.4, 0.5) is 0 Å². The molecule has 1 N–H and O–H groups in total. The van der Waals surface area contributed by atoms with Gasteiger partial charge < -0.3 is 10.1 Å². The zero-order chi connectivity index (χ0) is 15.2. The van der Waals surface area contributed by atoms with Gasteiger partial charge >= 0.3 is 0 Å². The number of aromatic nitrogens is 1. The molecule has 0 bridgehead atoms. The lowest BCUT2D eigenvalue weighted by atomic mass is 10.1. The number of nitrogens with one attached hydrogen (secondary N) is 1. The van der Waals surface area contributed by atoms with Crippen LogP contribution in [-0.4, -0.2) is 11.1 Å². The molecule has 0 aliphatic rings. The van der Waals surface area contributed by atoms with E-state index in [2.05, 4.69) is 36.3 Å². The van der Waals surface area contributed by atoms with Crippen molar-refractivity contribution < 1.29 is 4.74 Å². The molecule has 0 fully saturated rings. The maximum absolute atomic E-state index is 5.67. The lowest BCUT2D eigenvalue weighted by Crippen LogP contribution is -2.23. The fourth-order valence-corrected chi connectivity index (χ4v) is 2.30. The van der Waals surface area contributed by atoms with Crippen molar-refractivity contribution >= 4 is 0 Å². The Balaban J connectivity index is 1.98. The van der Waals surface area contributed by atoms with Crippen LogP contribution in [0.3, 0.4) is 0 Å². The van der Waals surface area contributed by atoms with Gasteiger partial charge in [0.05, 0.1) is 11.8 Å². The molecular weight excluding hydrogens is 260 g/mol. The van der Waals surface area contributed by atoms with Crippen LogP contribution in [0.2, 0.25) is 0 Å². The average Bonchev–Trinajstić information content (AvgIpc) is 2.48. The molecule has 0 saturated heterocycles. The summed E-state index contributed by atoms with van der Waals surface area (Å²) in [5, 5.41) is 3.57. The number of hydrogen-bond acceptors (Lipinski definition) is 3. The van der Waals surface area contributed by atoms with Crippen LogP contribution < -0.4 is 10.1 Å². The summed E-state index contributed by atoms with van der Waals surface area (Å²) in [5.41, 5.74) is 2.30. The third-order valence-corrected chi connectivity index (χ3v) is 3.38. The molecule has 0 amide bonds. The van der Waals surface area contributed by atoms with E-state index in [4.69, 9.17) is 4.74 Å². The summed E-state index contributed by atoms with van der Waals surface area (Å²) in [7, 11) is 0. The molecule has 3 nitrogen and oxygen atoms in total. The van der Waals surface area contributed by atoms with Crippen LogP contribution in [0.1, 0.15) is 51.0 Å². The van der Waals surface area contributed by atoms with Gasteiger partial charge in [-0.05, 0) is 57.5 Å². The van der Waals surface area contributed by atoms with Crippen LogP contribution >= 0.6 is 0 Å². The molecule has 2 unspecified atom stereocenters. The van der Waals surface area contributed by atoms with Crippen LogP contribution in [0.15, 0.2) is 48.7 Å². The first-order valence-electron chi connectivity index (χ1n) is 7.50. The van der Waals surface area contributed by atoms with Gasteiger partial charge in [0.1, 0.15) is 5.75 Å². The minimum absolute atomic E-state index is 0.204. The minimum atomic E-state index is 0.204. The smallest absolute Gasteiger partial charge is 0.119 e. The zero-order valence-corrected chi connectivity index (χ0v) is 13.2. The van der Waals surface area contributed by atoms with Crippen LogP contribution in [-0.2, 0) is 0 Å². The first-order valence-corrected chi connectivity index (χ1v) is 7.50. The van der Waals surface area contributed by atoms with Gasteiger partial charge in [0.15, 0.2) is 0 Å². The van der Waals surface area contributed by atoms with Crippen molar-refractivity contribution in [3.63, 3.8) is 0 Å². The predicted octanol–water partition coefficient (Wildman–Crippen LogP) is 4.28. The molecule has 0 radical (unpaired) electrons. The third kappa shape index (κ3) is 4.57. The molecule has 1 heterocycles. The van der Waals surface area contributed by atoms with Crippen molar-refractivity contribution in [3.05, 3.63) is 59.9 Å². The number of pyridine rings is 1. The Hall–Kier alpha value is -1.87. The van der Waals surface area contributed by atoms with E-state index in [0.29, 0.717) is 0 Å². The summed E-state index contributed by atoms with van der Waals surface area (Å²) in [6, 6.07) is 14.8. The molecule has 0 saturated carbocycles. The Labute approximate surface area is 127 Å². The van der Waals surface area contributed by atoms with E-state index in [0.717, 1.165) is 11.4 Å². The fraction of sp³-hybridized carbons (Fsp3) is 0.389. The van der Waals surface area contributed by atoms with Crippen molar-refractivity contribution in [2.24, 2.45) is 0 Å². The maximum Gasteiger partial charge on any atom is 0.119 e. The Morgan fingerprint density at radius 1 is 0.905 bits per heavy atom. The zero-order valence-electron chi connectivity index (χ0n) is 13.2. The highest BCUT2D eigenvalue weighted by Crippen LogP contribution is 2.21. The van der Waals surface area contributed by atoms with Gasteiger partial charge in [-0.15, -0.1) is 0 Å². The monoisotopic (exact) mass is 284 g/mol. The minimum Gasteiger partial charge on any atom is -0.491 e. The van der Waals surface area contributed by atoms with Gasteiger partial charge in [-0.2, -0.15) is 0 Å². The molecule has 3 heteroatoms. The summed E-state index contributed by atoms with van der Waals surface area (Å²) in [5.74, 6) is 0.915. The highest BCUT2D eigenvalue weighted by molar-refractivity contribution is 5.29. The normalized spacial score (nSPS) is 14.0.